The zero-order chi connectivity index (χ0) is 15.4. The van der Waals surface area contributed by atoms with E-state index in [9.17, 15) is 0 Å². The van der Waals surface area contributed by atoms with Gasteiger partial charge in [-0.25, -0.2) is 0 Å². The van der Waals surface area contributed by atoms with Crippen LogP contribution in [0.1, 0.15) is 38.8 Å². The van der Waals surface area contributed by atoms with E-state index in [1.54, 1.807) is 0 Å². The van der Waals surface area contributed by atoms with E-state index in [1.165, 1.54) is 22.1 Å². The van der Waals surface area contributed by atoms with E-state index >= 15 is 0 Å². The first-order chi connectivity index (χ1) is 10.0. The van der Waals surface area contributed by atoms with Gasteiger partial charge in [0, 0.05) is 41.9 Å². The van der Waals surface area contributed by atoms with Crippen LogP contribution in [0.25, 0.3) is 0 Å². The molecule has 0 aromatic heterocycles. The van der Waals surface area contributed by atoms with Crippen LogP contribution in [0.2, 0.25) is 0 Å². The number of piperazine rings is 1. The molecule has 1 heterocycles. The Morgan fingerprint density at radius 2 is 2.14 bits per heavy atom. The molecule has 0 saturated carbocycles. The lowest BCUT2D eigenvalue weighted by molar-refractivity contribution is 0.234. The quantitative estimate of drug-likeness (QED) is 0.871. The van der Waals surface area contributed by atoms with Crippen molar-refractivity contribution in [3.05, 3.63) is 28.2 Å². The fraction of sp³-hybridized carbons (Fsp3) is 0.647. The van der Waals surface area contributed by atoms with Gasteiger partial charge in [-0.2, -0.15) is 0 Å². The largest absolute Gasteiger partial charge is 0.369 e. The van der Waals surface area contributed by atoms with Gasteiger partial charge >= 0.3 is 0 Å². The smallest absolute Gasteiger partial charge is 0.0378 e. The highest BCUT2D eigenvalue weighted by Crippen LogP contribution is 2.29. The summed E-state index contributed by atoms with van der Waals surface area (Å²) in [6, 6.07) is 7.80. The van der Waals surface area contributed by atoms with Gasteiger partial charge in [0.05, 0.1) is 0 Å². The van der Waals surface area contributed by atoms with Gasteiger partial charge in [-0.05, 0) is 51.6 Å². The SMILES string of the molecule is CCCNC(C)c1ccc(N2CCN(C)C(C)C2)cc1Br. The second kappa shape index (κ2) is 7.61. The van der Waals surface area contributed by atoms with E-state index in [0.29, 0.717) is 12.1 Å². The Balaban J connectivity index is 2.08. The van der Waals surface area contributed by atoms with Crippen LogP contribution < -0.4 is 10.2 Å². The van der Waals surface area contributed by atoms with Gasteiger partial charge < -0.3 is 15.1 Å². The second-order valence-electron chi connectivity index (χ2n) is 6.16. The highest BCUT2D eigenvalue weighted by atomic mass is 79.9. The van der Waals surface area contributed by atoms with Crippen molar-refractivity contribution in [2.24, 2.45) is 0 Å². The van der Waals surface area contributed by atoms with Gasteiger partial charge in [0.25, 0.3) is 0 Å². The zero-order valence-electron chi connectivity index (χ0n) is 13.7. The van der Waals surface area contributed by atoms with E-state index < -0.39 is 0 Å². The minimum absolute atomic E-state index is 0.389. The number of nitrogens with one attached hydrogen (secondary N) is 1. The molecule has 0 radical (unpaired) electrons. The fourth-order valence-corrected chi connectivity index (χ4v) is 3.53. The Kier molecular flexibility index (Phi) is 6.08. The summed E-state index contributed by atoms with van der Waals surface area (Å²) < 4.78 is 1.21. The first-order valence-corrected chi connectivity index (χ1v) is 8.80. The molecule has 21 heavy (non-hydrogen) atoms. The summed E-state index contributed by atoms with van der Waals surface area (Å²) in [5, 5.41) is 3.55. The fourth-order valence-electron chi connectivity index (χ4n) is 2.82. The maximum absolute atomic E-state index is 3.76. The predicted molar refractivity (Wildman–Crippen MR) is 95.2 cm³/mol. The Labute approximate surface area is 137 Å². The number of nitrogens with zero attached hydrogens (tertiary/aromatic N) is 2. The molecule has 2 atom stereocenters. The second-order valence-corrected chi connectivity index (χ2v) is 7.01. The summed E-state index contributed by atoms with van der Waals surface area (Å²) >= 11 is 3.76. The Bertz CT molecular complexity index is 463. The first kappa shape index (κ1) is 16.8. The molecule has 1 N–H and O–H groups in total. The molecule has 0 spiro atoms. The van der Waals surface area contributed by atoms with Crippen molar-refractivity contribution < 1.29 is 0 Å². The van der Waals surface area contributed by atoms with Crippen LogP contribution in [0.3, 0.4) is 0 Å². The maximum atomic E-state index is 3.76. The molecule has 1 aromatic carbocycles. The van der Waals surface area contributed by atoms with Crippen LogP contribution in [0.5, 0.6) is 0 Å². The Morgan fingerprint density at radius 1 is 1.38 bits per heavy atom. The van der Waals surface area contributed by atoms with Gasteiger partial charge in [0.1, 0.15) is 0 Å². The summed E-state index contributed by atoms with van der Waals surface area (Å²) in [7, 11) is 2.21. The summed E-state index contributed by atoms with van der Waals surface area (Å²) in [5.74, 6) is 0. The van der Waals surface area contributed by atoms with Gasteiger partial charge in [-0.1, -0.05) is 28.9 Å². The van der Waals surface area contributed by atoms with Gasteiger partial charge in [0.2, 0.25) is 0 Å². The lowest BCUT2D eigenvalue weighted by Gasteiger charge is -2.39. The number of benzene rings is 1. The van der Waals surface area contributed by atoms with E-state index in [2.05, 4.69) is 77.1 Å². The number of rotatable bonds is 5. The third-order valence-electron chi connectivity index (χ3n) is 4.48. The average Bonchev–Trinajstić information content (AvgIpc) is 2.47. The van der Waals surface area contributed by atoms with Crippen molar-refractivity contribution in [3.63, 3.8) is 0 Å². The van der Waals surface area contributed by atoms with Crippen LogP contribution >= 0.6 is 15.9 Å². The molecular formula is C17H28BrN3. The van der Waals surface area contributed by atoms with Crippen molar-refractivity contribution in [1.29, 1.82) is 0 Å². The van der Waals surface area contributed by atoms with Crippen LogP contribution in [0.15, 0.2) is 22.7 Å². The third kappa shape index (κ3) is 4.21. The molecule has 0 bridgehead atoms. The molecule has 1 fully saturated rings. The van der Waals surface area contributed by atoms with Crippen LogP contribution in [-0.4, -0.2) is 44.2 Å². The minimum atomic E-state index is 0.389. The van der Waals surface area contributed by atoms with Crippen molar-refractivity contribution >= 4 is 21.6 Å². The topological polar surface area (TPSA) is 18.5 Å². The predicted octanol–water partition coefficient (Wildman–Crippen LogP) is 3.65. The van der Waals surface area contributed by atoms with Gasteiger partial charge in [0.15, 0.2) is 0 Å². The van der Waals surface area contributed by atoms with Crippen molar-refractivity contribution in [2.45, 2.75) is 39.3 Å². The van der Waals surface area contributed by atoms with E-state index in [-0.39, 0.29) is 0 Å². The highest BCUT2D eigenvalue weighted by Gasteiger charge is 2.21. The number of halogens is 1. The van der Waals surface area contributed by atoms with Gasteiger partial charge in [-0.15, -0.1) is 0 Å². The summed E-state index contributed by atoms with van der Waals surface area (Å²) in [6.07, 6.45) is 1.17. The van der Waals surface area contributed by atoms with Crippen molar-refractivity contribution in [3.8, 4) is 0 Å². The van der Waals surface area contributed by atoms with E-state index in [0.717, 1.165) is 26.2 Å². The first-order valence-electron chi connectivity index (χ1n) is 8.01. The van der Waals surface area contributed by atoms with E-state index in [1.807, 2.05) is 0 Å². The molecular weight excluding hydrogens is 326 g/mol. The standard InChI is InChI=1S/C17H28BrN3/c1-5-8-19-14(3)16-7-6-15(11-17(16)18)21-10-9-20(4)13(2)12-21/h6-7,11,13-14,19H,5,8-10,12H2,1-4H3. The lowest BCUT2D eigenvalue weighted by atomic mass is 10.1. The number of hydrogen-bond donors (Lipinski definition) is 1. The number of hydrogen-bond acceptors (Lipinski definition) is 3. The van der Waals surface area contributed by atoms with Gasteiger partial charge in [-0.3, -0.25) is 0 Å². The zero-order valence-corrected chi connectivity index (χ0v) is 15.3. The molecule has 118 valence electrons. The summed E-state index contributed by atoms with van der Waals surface area (Å²) in [4.78, 5) is 4.92. The molecule has 1 saturated heterocycles. The molecule has 0 aliphatic carbocycles. The molecule has 1 aliphatic heterocycles. The number of likely N-dealkylation sites (N-methyl/N-ethyl adjacent to an activating group) is 1. The molecule has 1 aliphatic rings. The van der Waals surface area contributed by atoms with E-state index in [4.69, 9.17) is 0 Å². The van der Waals surface area contributed by atoms with Crippen LogP contribution in [0.4, 0.5) is 5.69 Å². The van der Waals surface area contributed by atoms with Crippen molar-refractivity contribution in [1.82, 2.24) is 10.2 Å². The average molecular weight is 354 g/mol. The molecule has 4 heteroatoms. The normalized spacial score (nSPS) is 21.6. The molecule has 1 aromatic rings. The van der Waals surface area contributed by atoms with Crippen LogP contribution in [-0.2, 0) is 0 Å². The highest BCUT2D eigenvalue weighted by molar-refractivity contribution is 9.10. The monoisotopic (exact) mass is 353 g/mol. The summed E-state index contributed by atoms with van der Waals surface area (Å²) in [6.45, 7) is 11.1. The minimum Gasteiger partial charge on any atom is -0.369 e. The van der Waals surface area contributed by atoms with Crippen LogP contribution in [0, 0.1) is 0 Å². The summed E-state index contributed by atoms with van der Waals surface area (Å²) in [5.41, 5.74) is 2.67. The number of anilines is 1. The maximum Gasteiger partial charge on any atom is 0.0378 e. The third-order valence-corrected chi connectivity index (χ3v) is 5.16. The lowest BCUT2D eigenvalue weighted by Crippen LogP contribution is -2.50. The Morgan fingerprint density at radius 3 is 2.76 bits per heavy atom. The molecule has 2 rings (SSSR count). The Hall–Kier alpha value is -0.580. The molecule has 0 amide bonds. The molecule has 2 unspecified atom stereocenters. The molecule has 3 nitrogen and oxygen atoms in total. The van der Waals surface area contributed by atoms with Crippen molar-refractivity contribution in [2.75, 3.05) is 38.1 Å².